The van der Waals surface area contributed by atoms with Gasteiger partial charge in [0.1, 0.15) is 46.6 Å². The number of carbonyl (C=O) groups excluding carboxylic acids is 2. The van der Waals surface area contributed by atoms with Gasteiger partial charge in [-0.15, -0.1) is 0 Å². The van der Waals surface area contributed by atoms with Crippen LogP contribution in [0.3, 0.4) is 0 Å². The predicted octanol–water partition coefficient (Wildman–Crippen LogP) is 26.5. The summed E-state index contributed by atoms with van der Waals surface area (Å²) in [7, 11) is 0. The van der Waals surface area contributed by atoms with Crippen molar-refractivity contribution in [2.75, 3.05) is 0 Å². The van der Waals surface area contributed by atoms with Crippen LogP contribution >= 0.6 is 31.9 Å². The third-order valence-electron chi connectivity index (χ3n) is 20.6. The van der Waals surface area contributed by atoms with Gasteiger partial charge in [0.05, 0.1) is 51.1 Å². The fraction of sp³-hybridized carbons (Fsp3) is 0.0408. The molecule has 20 aromatic rings. The molecule has 118 heavy (non-hydrogen) atoms. The number of fused-ring (bicyclic) bond motifs is 4. The van der Waals surface area contributed by atoms with E-state index in [1.54, 1.807) is 71.5 Å². The van der Waals surface area contributed by atoms with E-state index < -0.39 is 0 Å². The molecule has 0 spiro atoms. The van der Waals surface area contributed by atoms with Crippen LogP contribution < -0.4 is 0 Å². The molecule has 14 nitrogen and oxygen atoms in total. The minimum absolute atomic E-state index is 0.0811. The van der Waals surface area contributed by atoms with Crippen LogP contribution in [0.25, 0.3) is 179 Å². The number of nitrogens with one attached hydrogen (secondary N) is 6. The van der Waals surface area contributed by atoms with Gasteiger partial charge in [0.15, 0.2) is 0 Å². The molecule has 0 saturated heterocycles. The van der Waals surface area contributed by atoms with Gasteiger partial charge >= 0.3 is 0 Å². The maximum absolute atomic E-state index is 13.5. The smallest absolute Gasteiger partial charge is 0.229 e. The highest BCUT2D eigenvalue weighted by molar-refractivity contribution is 9.10. The average Bonchev–Trinajstić information content (AvgIpc) is 1.56. The predicted molar refractivity (Wildman–Crippen MR) is 472 cm³/mol. The summed E-state index contributed by atoms with van der Waals surface area (Å²) in [5.74, 6) is 1.33. The fourth-order valence-electron chi connectivity index (χ4n) is 15.2. The van der Waals surface area contributed by atoms with Gasteiger partial charge in [-0.2, -0.15) is 0 Å². The van der Waals surface area contributed by atoms with Crippen LogP contribution in [0.4, 0.5) is 17.6 Å². The lowest BCUT2D eigenvalue weighted by molar-refractivity contribution is 0.0932. The number of para-hydroxylation sites is 2. The summed E-state index contributed by atoms with van der Waals surface area (Å²) in [4.78, 5) is 65.7. The highest BCUT2D eigenvalue weighted by Crippen LogP contribution is 2.44. The number of hydrogen-bond donors (Lipinski definition) is 6. The summed E-state index contributed by atoms with van der Waals surface area (Å²) in [6, 6.07) is 93.2. The number of imidazole rings is 4. The van der Waals surface area contributed by atoms with Gasteiger partial charge < -0.3 is 29.9 Å². The normalized spacial score (nSPS) is 11.2. The Bertz CT molecular complexity index is 6890. The average molecular weight is 1680 g/mol. The number of hydrogen-bond acceptors (Lipinski definition) is 6. The van der Waals surface area contributed by atoms with Crippen molar-refractivity contribution in [2.45, 2.75) is 27.7 Å². The molecule has 12 aromatic carbocycles. The first kappa shape index (κ1) is 76.3. The Labute approximate surface area is 691 Å². The number of nitrogens with zero attached hydrogens (tertiary/aromatic N) is 6. The zero-order chi connectivity index (χ0) is 81.2. The number of carbonyl (C=O) groups is 2. The van der Waals surface area contributed by atoms with Gasteiger partial charge in [-0.3, -0.25) is 18.7 Å². The van der Waals surface area contributed by atoms with Crippen LogP contribution in [0.2, 0.25) is 0 Å². The molecule has 0 fully saturated rings. The molecule has 0 radical (unpaired) electrons. The fourth-order valence-corrected chi connectivity index (χ4v) is 15.9. The Morgan fingerprint density at radius 1 is 0.331 bits per heavy atom. The van der Waals surface area contributed by atoms with Gasteiger partial charge in [0.25, 0.3) is 0 Å². The number of aromatic nitrogens is 12. The Morgan fingerprint density at radius 2 is 0.695 bits per heavy atom. The van der Waals surface area contributed by atoms with Gasteiger partial charge in [-0.1, -0.05) is 190 Å². The SMILES string of the molecule is Brc1ccc2[nH]cc(-c3nc(-c4ccccc4)c(-c4ccccc4)[nH]3)c2c1.CC(=O)n1c(-c2c(C)n(C(C)=O)c3ccccc23)nc(-c2ccccc2)c1-c1ccccc1.Cc1[nH]c2ccccc2c1-c1nc(-c2ccc(F)cc2)c(-c2ccc(F)cc2)[nH]1.Fc1ccc(-c2nc(-c3c[nH]c4ccc(Br)cc34)[nH]c2-c2ccc(F)cc2)cc1. The van der Waals surface area contributed by atoms with E-state index in [0.717, 1.165) is 171 Å². The quantitative estimate of drug-likeness (QED) is 0.0660. The topological polar surface area (TPSA) is 190 Å². The molecule has 0 atom stereocenters. The van der Waals surface area contributed by atoms with Crippen LogP contribution in [-0.4, -0.2) is 70.8 Å². The zero-order valence-electron chi connectivity index (χ0n) is 63.8. The van der Waals surface area contributed by atoms with Crippen LogP contribution in [-0.2, 0) is 0 Å². The molecule has 0 aliphatic rings. The number of benzene rings is 12. The molecule has 0 bridgehead atoms. The molecule has 0 saturated carbocycles. The van der Waals surface area contributed by atoms with E-state index in [1.807, 2.05) is 196 Å². The highest BCUT2D eigenvalue weighted by Gasteiger charge is 2.29. The van der Waals surface area contributed by atoms with E-state index in [9.17, 15) is 27.2 Å². The molecule has 20 heteroatoms. The van der Waals surface area contributed by atoms with Crippen LogP contribution in [0.1, 0.15) is 34.8 Å². The molecule has 576 valence electrons. The molecular formula is C98H70Br2F4N12O2. The molecule has 0 aliphatic heterocycles. The third kappa shape index (κ3) is 15.3. The number of H-pyrrole nitrogens is 6. The standard InChI is InChI=1S/C28H23N3O2.C24H17F2N3.C23H14BrF2N3.C23H16BrN3/c1-18-25(23-16-10-11-17-24(23)30(18)19(2)32)28-29-26(21-12-6-4-7-13-21)27(31(28)20(3)33)22-14-8-5-9-15-22;1-14-21(19-4-2-3-5-20(19)27-14)24-28-22(15-6-10-17(25)11-7-15)23(29-24)16-8-12-18(26)13-9-16;24-15-5-10-20-18(11-15)19(12-27-20)23-28-21(13-1-6-16(25)7-2-13)22(29-23)14-3-8-17(26)9-4-14;24-17-11-12-20-18(13-17)19(14-25-20)23-26-21(15-7-3-1-4-8-15)22(27-23)16-9-5-2-6-10-16/h4-17H,1-3H3;2-13,27H,1H3,(H,28,29);1-12,27H,(H,28,29);1-14,25H,(H,26,27). The Kier molecular flexibility index (Phi) is 21.3. The van der Waals surface area contributed by atoms with E-state index >= 15 is 0 Å². The van der Waals surface area contributed by atoms with Crippen LogP contribution in [0.15, 0.2) is 325 Å². The molecular weight excluding hydrogens is 1610 g/mol. The zero-order valence-corrected chi connectivity index (χ0v) is 67.0. The maximum Gasteiger partial charge on any atom is 0.229 e. The molecule has 20 rings (SSSR count). The Morgan fingerprint density at radius 3 is 1.15 bits per heavy atom. The van der Waals surface area contributed by atoms with Gasteiger partial charge in [0, 0.05) is 151 Å². The first-order valence-electron chi connectivity index (χ1n) is 37.9. The van der Waals surface area contributed by atoms with Crippen LogP contribution in [0, 0.1) is 37.1 Å². The molecule has 6 N–H and O–H groups in total. The van der Waals surface area contributed by atoms with E-state index in [2.05, 4.69) is 98.2 Å². The lowest BCUT2D eigenvalue weighted by atomic mass is 10.0. The number of aryl methyl sites for hydroxylation is 1. The minimum Gasteiger partial charge on any atom is -0.360 e. The summed E-state index contributed by atoms with van der Waals surface area (Å²) in [5.41, 5.74) is 23.0. The van der Waals surface area contributed by atoms with Crippen LogP contribution in [0.5, 0.6) is 0 Å². The summed E-state index contributed by atoms with van der Waals surface area (Å²) in [6.45, 7) is 7.00. The van der Waals surface area contributed by atoms with Gasteiger partial charge in [-0.05, 0) is 159 Å². The summed E-state index contributed by atoms with van der Waals surface area (Å²) < 4.78 is 59.2. The van der Waals surface area contributed by atoms with Crippen molar-refractivity contribution in [2.24, 2.45) is 0 Å². The largest absolute Gasteiger partial charge is 0.360 e. The highest BCUT2D eigenvalue weighted by atomic mass is 79.9. The number of aromatic amines is 6. The van der Waals surface area contributed by atoms with Gasteiger partial charge in [-0.25, -0.2) is 37.5 Å². The molecule has 8 heterocycles. The second kappa shape index (κ2) is 32.9. The van der Waals surface area contributed by atoms with E-state index in [4.69, 9.17) is 19.9 Å². The van der Waals surface area contributed by atoms with E-state index in [-0.39, 0.29) is 35.1 Å². The van der Waals surface area contributed by atoms with Crippen molar-refractivity contribution in [1.82, 2.24) is 59.0 Å². The van der Waals surface area contributed by atoms with Crippen molar-refractivity contribution >= 4 is 87.3 Å². The van der Waals surface area contributed by atoms with Crippen molar-refractivity contribution in [3.63, 3.8) is 0 Å². The lowest BCUT2D eigenvalue weighted by Crippen LogP contribution is -2.11. The van der Waals surface area contributed by atoms with Crippen molar-refractivity contribution in [3.8, 4) is 136 Å². The minimum atomic E-state index is -0.311. The van der Waals surface area contributed by atoms with Crippen molar-refractivity contribution < 1.29 is 27.2 Å². The Balaban J connectivity index is 0.000000113. The number of rotatable bonds is 12. The van der Waals surface area contributed by atoms with Gasteiger partial charge in [0.2, 0.25) is 11.8 Å². The molecule has 0 aliphatic carbocycles. The summed E-state index contributed by atoms with van der Waals surface area (Å²) in [5, 5.41) is 4.11. The van der Waals surface area contributed by atoms with Crippen molar-refractivity contribution in [3.05, 3.63) is 359 Å². The first-order chi connectivity index (χ1) is 57.5. The lowest BCUT2D eigenvalue weighted by Gasteiger charge is -2.10. The Hall–Kier alpha value is -14.3. The second-order valence-corrected chi connectivity index (χ2v) is 30.0. The first-order valence-corrected chi connectivity index (χ1v) is 39.5. The monoisotopic (exact) mass is 1680 g/mol. The molecule has 8 aromatic heterocycles. The molecule has 0 amide bonds. The third-order valence-corrected chi connectivity index (χ3v) is 21.6. The molecule has 0 unspecified atom stereocenters. The number of halogens is 6. The van der Waals surface area contributed by atoms with Crippen molar-refractivity contribution in [1.29, 1.82) is 0 Å². The van der Waals surface area contributed by atoms with E-state index in [0.29, 0.717) is 28.9 Å². The maximum atomic E-state index is 13.5. The second-order valence-electron chi connectivity index (χ2n) is 28.2. The summed E-state index contributed by atoms with van der Waals surface area (Å²) >= 11 is 7.09. The van der Waals surface area contributed by atoms with E-state index in [1.165, 1.54) is 48.5 Å². The summed E-state index contributed by atoms with van der Waals surface area (Å²) in [6.07, 6.45) is 3.91.